The first-order valence-electron chi connectivity index (χ1n) is 6.85. The fourth-order valence-corrected chi connectivity index (χ4v) is 2.96. The van der Waals surface area contributed by atoms with Crippen LogP contribution in [0.15, 0.2) is 24.3 Å². The van der Waals surface area contributed by atoms with Crippen LogP contribution in [-0.2, 0) is 4.79 Å². The zero-order valence-electron chi connectivity index (χ0n) is 11.1. The molecule has 2 rings (SSSR count). The third-order valence-corrected chi connectivity index (χ3v) is 4.20. The molecular weight excluding hydrogens is 278 g/mol. The zero-order chi connectivity index (χ0) is 14.5. The monoisotopic (exact) mass is 295 g/mol. The predicted octanol–water partition coefficient (Wildman–Crippen LogP) is 2.96. The van der Waals surface area contributed by atoms with E-state index in [1.807, 2.05) is 0 Å². The third kappa shape index (κ3) is 3.51. The first kappa shape index (κ1) is 14.9. The van der Waals surface area contributed by atoms with E-state index in [0.29, 0.717) is 23.6 Å². The van der Waals surface area contributed by atoms with Gasteiger partial charge in [-0.3, -0.25) is 9.59 Å². The van der Waals surface area contributed by atoms with Gasteiger partial charge in [-0.1, -0.05) is 36.6 Å². The first-order chi connectivity index (χ1) is 9.59. The van der Waals surface area contributed by atoms with Gasteiger partial charge >= 0.3 is 5.97 Å². The van der Waals surface area contributed by atoms with Crippen LogP contribution in [0.1, 0.15) is 36.0 Å². The van der Waals surface area contributed by atoms with Crippen molar-refractivity contribution in [3.05, 3.63) is 34.9 Å². The highest BCUT2D eigenvalue weighted by atomic mass is 35.5. The number of carbonyl (C=O) groups is 2. The van der Waals surface area contributed by atoms with Gasteiger partial charge in [0.25, 0.3) is 5.91 Å². The quantitative estimate of drug-likeness (QED) is 0.897. The molecule has 1 aromatic carbocycles. The molecule has 0 spiro atoms. The SMILES string of the molecule is O=C(NC[C@@H]1CCCC[C@@H]1C(=O)O)c1ccccc1Cl. The molecule has 0 aliphatic heterocycles. The van der Waals surface area contributed by atoms with Crippen molar-refractivity contribution < 1.29 is 14.7 Å². The van der Waals surface area contributed by atoms with Gasteiger partial charge in [0.15, 0.2) is 0 Å². The number of benzene rings is 1. The summed E-state index contributed by atoms with van der Waals surface area (Å²) < 4.78 is 0. The van der Waals surface area contributed by atoms with E-state index in [9.17, 15) is 14.7 Å². The molecule has 1 aliphatic carbocycles. The molecule has 0 saturated heterocycles. The fourth-order valence-electron chi connectivity index (χ4n) is 2.74. The standard InChI is InChI=1S/C15H18ClNO3/c16-13-8-4-3-7-12(13)14(18)17-9-10-5-1-2-6-11(10)15(19)20/h3-4,7-8,10-11H,1-2,5-6,9H2,(H,17,18)(H,19,20)/t10-,11-/m0/s1. The lowest BCUT2D eigenvalue weighted by molar-refractivity contribution is -0.144. The number of hydrogen-bond donors (Lipinski definition) is 2. The van der Waals surface area contributed by atoms with Gasteiger partial charge < -0.3 is 10.4 Å². The van der Waals surface area contributed by atoms with Crippen molar-refractivity contribution in [3.63, 3.8) is 0 Å². The number of nitrogens with one attached hydrogen (secondary N) is 1. The highest BCUT2D eigenvalue weighted by Gasteiger charge is 2.30. The lowest BCUT2D eigenvalue weighted by Crippen LogP contribution is -2.37. The van der Waals surface area contributed by atoms with Gasteiger partial charge in [-0.2, -0.15) is 0 Å². The van der Waals surface area contributed by atoms with Gasteiger partial charge in [-0.15, -0.1) is 0 Å². The Morgan fingerprint density at radius 2 is 1.95 bits per heavy atom. The largest absolute Gasteiger partial charge is 0.481 e. The number of hydrogen-bond acceptors (Lipinski definition) is 2. The molecule has 108 valence electrons. The summed E-state index contributed by atoms with van der Waals surface area (Å²) in [7, 11) is 0. The highest BCUT2D eigenvalue weighted by molar-refractivity contribution is 6.33. The Labute approximate surface area is 123 Å². The van der Waals surface area contributed by atoms with E-state index in [0.717, 1.165) is 19.3 Å². The van der Waals surface area contributed by atoms with Crippen molar-refractivity contribution in [2.24, 2.45) is 11.8 Å². The van der Waals surface area contributed by atoms with E-state index < -0.39 is 5.97 Å². The smallest absolute Gasteiger partial charge is 0.306 e. The summed E-state index contributed by atoms with van der Waals surface area (Å²) in [6.07, 6.45) is 3.52. The normalized spacial score (nSPS) is 22.2. The predicted molar refractivity (Wildman–Crippen MR) is 76.9 cm³/mol. The van der Waals surface area contributed by atoms with E-state index in [1.54, 1.807) is 24.3 Å². The summed E-state index contributed by atoms with van der Waals surface area (Å²) >= 11 is 5.96. The molecule has 4 nitrogen and oxygen atoms in total. The van der Waals surface area contributed by atoms with E-state index >= 15 is 0 Å². The molecule has 1 amide bonds. The average Bonchev–Trinajstić information content (AvgIpc) is 2.45. The Morgan fingerprint density at radius 1 is 1.25 bits per heavy atom. The van der Waals surface area contributed by atoms with Crippen LogP contribution in [0.25, 0.3) is 0 Å². The second kappa shape index (κ2) is 6.75. The molecule has 2 N–H and O–H groups in total. The maximum absolute atomic E-state index is 12.0. The zero-order valence-corrected chi connectivity index (χ0v) is 11.9. The molecule has 0 unspecified atom stereocenters. The first-order valence-corrected chi connectivity index (χ1v) is 7.23. The second-order valence-electron chi connectivity index (χ2n) is 5.18. The molecule has 0 radical (unpaired) electrons. The van der Waals surface area contributed by atoms with E-state index in [2.05, 4.69) is 5.32 Å². The Hall–Kier alpha value is -1.55. The van der Waals surface area contributed by atoms with Gasteiger partial charge in [-0.05, 0) is 30.9 Å². The van der Waals surface area contributed by atoms with Crippen LogP contribution in [0.4, 0.5) is 0 Å². The minimum atomic E-state index is -0.762. The minimum Gasteiger partial charge on any atom is -0.481 e. The molecule has 1 aromatic rings. The lowest BCUT2D eigenvalue weighted by Gasteiger charge is -2.28. The van der Waals surface area contributed by atoms with Crippen LogP contribution in [0.2, 0.25) is 5.02 Å². The average molecular weight is 296 g/mol. The molecule has 0 bridgehead atoms. The van der Waals surface area contributed by atoms with Crippen molar-refractivity contribution in [2.45, 2.75) is 25.7 Å². The fraction of sp³-hybridized carbons (Fsp3) is 0.467. The summed E-state index contributed by atoms with van der Waals surface area (Å²) in [5.41, 5.74) is 0.428. The lowest BCUT2D eigenvalue weighted by atomic mass is 9.79. The maximum atomic E-state index is 12.0. The minimum absolute atomic E-state index is 0.00712. The van der Waals surface area contributed by atoms with Crippen LogP contribution >= 0.6 is 11.6 Å². The van der Waals surface area contributed by atoms with Crippen molar-refractivity contribution in [2.75, 3.05) is 6.54 Å². The molecule has 1 aliphatic rings. The van der Waals surface area contributed by atoms with Crippen LogP contribution < -0.4 is 5.32 Å². The third-order valence-electron chi connectivity index (χ3n) is 3.87. The van der Waals surface area contributed by atoms with Gasteiger partial charge in [0.05, 0.1) is 16.5 Å². The van der Waals surface area contributed by atoms with Crippen molar-refractivity contribution in [1.29, 1.82) is 0 Å². The Morgan fingerprint density at radius 3 is 2.65 bits per heavy atom. The van der Waals surface area contributed by atoms with E-state index in [-0.39, 0.29) is 17.7 Å². The van der Waals surface area contributed by atoms with Crippen molar-refractivity contribution in [3.8, 4) is 0 Å². The molecule has 20 heavy (non-hydrogen) atoms. The number of carbonyl (C=O) groups excluding carboxylic acids is 1. The van der Waals surface area contributed by atoms with Gasteiger partial charge in [0, 0.05) is 6.54 Å². The van der Waals surface area contributed by atoms with Crippen LogP contribution in [0.5, 0.6) is 0 Å². The Kier molecular flexibility index (Phi) is 5.01. The number of halogens is 1. The van der Waals surface area contributed by atoms with E-state index in [4.69, 9.17) is 11.6 Å². The van der Waals surface area contributed by atoms with Crippen molar-refractivity contribution >= 4 is 23.5 Å². The highest BCUT2D eigenvalue weighted by Crippen LogP contribution is 2.29. The van der Waals surface area contributed by atoms with Crippen molar-refractivity contribution in [1.82, 2.24) is 5.32 Å². The molecule has 2 atom stereocenters. The molecule has 1 fully saturated rings. The van der Waals surface area contributed by atoms with Crippen LogP contribution in [0, 0.1) is 11.8 Å². The van der Waals surface area contributed by atoms with Gasteiger partial charge in [0.2, 0.25) is 0 Å². The number of aliphatic carboxylic acids is 1. The van der Waals surface area contributed by atoms with Crippen LogP contribution in [-0.4, -0.2) is 23.5 Å². The molecular formula is C15H18ClNO3. The molecule has 0 aromatic heterocycles. The number of rotatable bonds is 4. The summed E-state index contributed by atoms with van der Waals surface area (Å²) in [6.45, 7) is 0.390. The second-order valence-corrected chi connectivity index (χ2v) is 5.59. The van der Waals surface area contributed by atoms with Gasteiger partial charge in [0.1, 0.15) is 0 Å². The molecule has 1 saturated carbocycles. The number of amides is 1. The summed E-state index contributed by atoms with van der Waals surface area (Å²) in [5.74, 6) is -1.35. The Bertz CT molecular complexity index is 504. The van der Waals surface area contributed by atoms with Crippen LogP contribution in [0.3, 0.4) is 0 Å². The summed E-state index contributed by atoms with van der Waals surface area (Å²) in [5, 5.41) is 12.4. The number of carboxylic acids is 1. The van der Waals surface area contributed by atoms with Gasteiger partial charge in [-0.25, -0.2) is 0 Å². The summed E-state index contributed by atoms with van der Waals surface area (Å²) in [4.78, 5) is 23.2. The van der Waals surface area contributed by atoms with E-state index in [1.165, 1.54) is 0 Å². The number of carboxylic acid groups (broad SMARTS) is 1. The topological polar surface area (TPSA) is 66.4 Å². The Balaban J connectivity index is 1.95. The maximum Gasteiger partial charge on any atom is 0.306 e. The molecule has 5 heteroatoms. The molecule has 0 heterocycles. The summed E-state index contributed by atoms with van der Waals surface area (Å²) in [6, 6.07) is 6.84.